The van der Waals surface area contributed by atoms with Crippen molar-refractivity contribution in [2.24, 2.45) is 0 Å². The molecule has 2 rings (SSSR count). The van der Waals surface area contributed by atoms with Crippen molar-refractivity contribution >= 4 is 5.91 Å². The van der Waals surface area contributed by atoms with Gasteiger partial charge in [-0.2, -0.15) is 0 Å². The molecule has 1 N–H and O–H groups in total. The summed E-state index contributed by atoms with van der Waals surface area (Å²) in [6, 6.07) is 6.43. The molecular formula is C20H32N2O2. The van der Waals surface area contributed by atoms with Gasteiger partial charge >= 0.3 is 0 Å². The number of hydrogen-bond acceptors (Lipinski definition) is 3. The standard InChI is InChI=1S/C20H32N2O2/c1-6-17-9-7-8-12-22(17)20(23)16(4)21-15(3)18-13-14(2)10-11-19(18)24-5/h10-11,13,15-17,21H,6-9,12H2,1-5H3. The number of nitrogens with one attached hydrogen (secondary N) is 1. The van der Waals surface area contributed by atoms with Crippen molar-refractivity contribution < 1.29 is 9.53 Å². The van der Waals surface area contributed by atoms with Crippen LogP contribution < -0.4 is 10.1 Å². The molecule has 1 aliphatic heterocycles. The summed E-state index contributed by atoms with van der Waals surface area (Å²) in [6.07, 6.45) is 4.53. The molecule has 0 radical (unpaired) electrons. The highest BCUT2D eigenvalue weighted by atomic mass is 16.5. The van der Waals surface area contributed by atoms with Crippen molar-refractivity contribution in [1.82, 2.24) is 10.2 Å². The number of benzene rings is 1. The van der Waals surface area contributed by atoms with Gasteiger partial charge in [0.15, 0.2) is 0 Å². The maximum Gasteiger partial charge on any atom is 0.239 e. The molecule has 1 fully saturated rings. The summed E-state index contributed by atoms with van der Waals surface area (Å²) >= 11 is 0. The minimum absolute atomic E-state index is 0.0590. The molecule has 4 nitrogen and oxygen atoms in total. The van der Waals surface area contributed by atoms with Crippen LogP contribution in [0.1, 0.15) is 63.6 Å². The minimum Gasteiger partial charge on any atom is -0.496 e. The van der Waals surface area contributed by atoms with Crippen molar-refractivity contribution in [1.29, 1.82) is 0 Å². The third-order valence-corrected chi connectivity index (χ3v) is 5.10. The zero-order valence-corrected chi connectivity index (χ0v) is 15.8. The number of piperidine rings is 1. The van der Waals surface area contributed by atoms with Crippen LogP contribution in [0.4, 0.5) is 0 Å². The fourth-order valence-corrected chi connectivity index (χ4v) is 3.69. The summed E-state index contributed by atoms with van der Waals surface area (Å²) in [4.78, 5) is 15.0. The van der Waals surface area contributed by atoms with Gasteiger partial charge < -0.3 is 9.64 Å². The number of carbonyl (C=O) groups is 1. The van der Waals surface area contributed by atoms with E-state index in [1.807, 2.05) is 19.1 Å². The van der Waals surface area contributed by atoms with E-state index in [4.69, 9.17) is 4.74 Å². The number of amides is 1. The Balaban J connectivity index is 2.06. The van der Waals surface area contributed by atoms with Crippen molar-refractivity contribution in [3.05, 3.63) is 29.3 Å². The fraction of sp³-hybridized carbons (Fsp3) is 0.650. The number of hydrogen-bond donors (Lipinski definition) is 1. The van der Waals surface area contributed by atoms with Crippen molar-refractivity contribution in [3.63, 3.8) is 0 Å². The molecule has 3 atom stereocenters. The van der Waals surface area contributed by atoms with Gasteiger partial charge in [0.2, 0.25) is 5.91 Å². The van der Waals surface area contributed by atoms with Crippen LogP contribution in [0.15, 0.2) is 18.2 Å². The summed E-state index contributed by atoms with van der Waals surface area (Å²) in [5, 5.41) is 3.47. The zero-order valence-electron chi connectivity index (χ0n) is 15.8. The molecular weight excluding hydrogens is 300 g/mol. The lowest BCUT2D eigenvalue weighted by Gasteiger charge is -2.37. The second-order valence-electron chi connectivity index (χ2n) is 6.94. The quantitative estimate of drug-likeness (QED) is 0.861. The van der Waals surface area contributed by atoms with Gasteiger partial charge in [0, 0.05) is 24.2 Å². The first-order chi connectivity index (χ1) is 11.5. The van der Waals surface area contributed by atoms with E-state index in [0.717, 1.165) is 37.1 Å². The molecule has 1 aliphatic rings. The average molecular weight is 332 g/mol. The van der Waals surface area contributed by atoms with E-state index < -0.39 is 0 Å². The van der Waals surface area contributed by atoms with Gasteiger partial charge in [-0.3, -0.25) is 10.1 Å². The third-order valence-electron chi connectivity index (χ3n) is 5.10. The topological polar surface area (TPSA) is 41.6 Å². The number of carbonyl (C=O) groups excluding carboxylic acids is 1. The van der Waals surface area contributed by atoms with Crippen molar-refractivity contribution in [2.75, 3.05) is 13.7 Å². The molecule has 0 spiro atoms. The Morgan fingerprint density at radius 3 is 2.79 bits per heavy atom. The smallest absolute Gasteiger partial charge is 0.239 e. The van der Waals surface area contributed by atoms with Crippen LogP contribution in [0, 0.1) is 6.92 Å². The maximum atomic E-state index is 12.9. The van der Waals surface area contributed by atoms with Crippen LogP contribution in [-0.4, -0.2) is 36.5 Å². The Bertz CT molecular complexity index is 559. The monoisotopic (exact) mass is 332 g/mol. The molecule has 0 bridgehead atoms. The number of rotatable bonds is 6. The first-order valence-corrected chi connectivity index (χ1v) is 9.19. The molecule has 1 saturated heterocycles. The van der Waals surface area contributed by atoms with E-state index in [0.29, 0.717) is 6.04 Å². The van der Waals surface area contributed by atoms with Crippen LogP contribution in [0.25, 0.3) is 0 Å². The molecule has 1 amide bonds. The highest BCUT2D eigenvalue weighted by Gasteiger charge is 2.29. The number of ether oxygens (including phenoxy) is 1. The largest absolute Gasteiger partial charge is 0.496 e. The lowest BCUT2D eigenvalue weighted by Crippen LogP contribution is -2.51. The number of likely N-dealkylation sites (tertiary alicyclic amines) is 1. The Morgan fingerprint density at radius 2 is 2.12 bits per heavy atom. The van der Waals surface area contributed by atoms with E-state index in [2.05, 4.69) is 37.1 Å². The SMILES string of the molecule is CCC1CCCCN1C(=O)C(C)NC(C)c1cc(C)ccc1OC. The number of nitrogens with zero attached hydrogens (tertiary/aromatic N) is 1. The predicted molar refractivity (Wildman–Crippen MR) is 98.4 cm³/mol. The fourth-order valence-electron chi connectivity index (χ4n) is 3.69. The molecule has 0 aliphatic carbocycles. The summed E-state index contributed by atoms with van der Waals surface area (Å²) < 4.78 is 5.48. The minimum atomic E-state index is -0.197. The van der Waals surface area contributed by atoms with Gasteiger partial charge in [-0.1, -0.05) is 24.6 Å². The number of aryl methyl sites for hydroxylation is 1. The van der Waals surface area contributed by atoms with E-state index in [-0.39, 0.29) is 18.0 Å². The van der Waals surface area contributed by atoms with E-state index in [9.17, 15) is 4.79 Å². The summed E-state index contributed by atoms with van der Waals surface area (Å²) in [6.45, 7) is 9.21. The molecule has 0 saturated carbocycles. The first kappa shape index (κ1) is 18.8. The average Bonchev–Trinajstić information content (AvgIpc) is 2.60. The van der Waals surface area contributed by atoms with Gasteiger partial charge in [-0.15, -0.1) is 0 Å². The first-order valence-electron chi connectivity index (χ1n) is 9.19. The molecule has 134 valence electrons. The molecule has 3 unspecified atom stereocenters. The number of methoxy groups -OCH3 is 1. The summed E-state index contributed by atoms with van der Waals surface area (Å²) in [5.41, 5.74) is 2.29. The van der Waals surface area contributed by atoms with Crippen LogP contribution in [-0.2, 0) is 4.79 Å². The van der Waals surface area contributed by atoms with Crippen LogP contribution in [0.2, 0.25) is 0 Å². The highest BCUT2D eigenvalue weighted by molar-refractivity contribution is 5.82. The third kappa shape index (κ3) is 4.29. The van der Waals surface area contributed by atoms with Crippen molar-refractivity contribution in [2.45, 2.75) is 71.5 Å². The summed E-state index contributed by atoms with van der Waals surface area (Å²) in [7, 11) is 1.69. The lowest BCUT2D eigenvalue weighted by molar-refractivity contribution is -0.137. The van der Waals surface area contributed by atoms with Gasteiger partial charge in [-0.05, 0) is 52.5 Å². The molecule has 0 aromatic heterocycles. The lowest BCUT2D eigenvalue weighted by atomic mass is 9.98. The molecule has 24 heavy (non-hydrogen) atoms. The Labute approximate surface area is 146 Å². The van der Waals surface area contributed by atoms with E-state index in [1.54, 1.807) is 7.11 Å². The van der Waals surface area contributed by atoms with Gasteiger partial charge in [0.1, 0.15) is 5.75 Å². The predicted octanol–water partition coefficient (Wildman–Crippen LogP) is 3.83. The van der Waals surface area contributed by atoms with Gasteiger partial charge in [-0.25, -0.2) is 0 Å². The molecule has 1 aromatic rings. The molecule has 4 heteroatoms. The van der Waals surface area contributed by atoms with Gasteiger partial charge in [0.25, 0.3) is 0 Å². The second-order valence-corrected chi connectivity index (χ2v) is 6.94. The Kier molecular flexibility index (Phi) is 6.67. The maximum absolute atomic E-state index is 12.9. The molecule has 1 aromatic carbocycles. The molecule has 1 heterocycles. The normalized spacial score (nSPS) is 20.5. The Hall–Kier alpha value is -1.55. The zero-order chi connectivity index (χ0) is 17.7. The summed E-state index contributed by atoms with van der Waals surface area (Å²) in [5.74, 6) is 1.09. The highest BCUT2D eigenvalue weighted by Crippen LogP contribution is 2.27. The van der Waals surface area contributed by atoms with Crippen LogP contribution >= 0.6 is 0 Å². The second kappa shape index (κ2) is 8.52. The Morgan fingerprint density at radius 1 is 1.38 bits per heavy atom. The van der Waals surface area contributed by atoms with Crippen LogP contribution in [0.5, 0.6) is 5.75 Å². The van der Waals surface area contributed by atoms with E-state index in [1.165, 1.54) is 12.0 Å². The van der Waals surface area contributed by atoms with Crippen LogP contribution in [0.3, 0.4) is 0 Å². The van der Waals surface area contributed by atoms with E-state index >= 15 is 0 Å². The van der Waals surface area contributed by atoms with Crippen molar-refractivity contribution in [3.8, 4) is 5.75 Å². The van der Waals surface area contributed by atoms with Gasteiger partial charge in [0.05, 0.1) is 13.2 Å².